The van der Waals surface area contributed by atoms with Gasteiger partial charge in [0.1, 0.15) is 5.76 Å². The number of carboxylic acids is 1. The topological polar surface area (TPSA) is 91.6 Å². The maximum Gasteiger partial charge on any atom is 0.335 e. The number of carbonyl (C=O) groups excluding carboxylic acids is 1. The molecule has 0 bridgehead atoms. The summed E-state index contributed by atoms with van der Waals surface area (Å²) in [6, 6.07) is 9.53. The Morgan fingerprint density at radius 2 is 1.75 bits per heavy atom. The molecule has 0 saturated carbocycles. The van der Waals surface area contributed by atoms with Crippen molar-refractivity contribution in [3.63, 3.8) is 0 Å². The van der Waals surface area contributed by atoms with Crippen molar-refractivity contribution in [1.82, 2.24) is 10.6 Å². The average Bonchev–Trinajstić information content (AvgIpc) is 2.96. The van der Waals surface area contributed by atoms with Crippen molar-refractivity contribution < 1.29 is 19.1 Å². The fraction of sp³-hybridized carbons (Fsp3) is 0.143. The van der Waals surface area contributed by atoms with Crippen LogP contribution in [0.15, 0.2) is 47.1 Å². The third-order valence-corrected chi connectivity index (χ3v) is 2.66. The quantitative estimate of drug-likeness (QED) is 0.777. The maximum atomic E-state index is 11.5. The molecule has 6 heteroatoms. The summed E-state index contributed by atoms with van der Waals surface area (Å²) in [7, 11) is 0. The Bertz CT molecular complexity index is 576. The molecule has 6 nitrogen and oxygen atoms in total. The van der Waals surface area contributed by atoms with E-state index < -0.39 is 5.97 Å². The van der Waals surface area contributed by atoms with E-state index >= 15 is 0 Å². The monoisotopic (exact) mass is 274 g/mol. The second kappa shape index (κ2) is 6.42. The highest BCUT2D eigenvalue weighted by molar-refractivity contribution is 5.87. The largest absolute Gasteiger partial charge is 0.478 e. The Labute approximate surface area is 115 Å². The fourth-order valence-corrected chi connectivity index (χ4v) is 1.59. The molecular weight excluding hydrogens is 260 g/mol. The van der Waals surface area contributed by atoms with E-state index in [1.165, 1.54) is 12.1 Å². The van der Waals surface area contributed by atoms with Crippen molar-refractivity contribution in [1.29, 1.82) is 0 Å². The summed E-state index contributed by atoms with van der Waals surface area (Å²) in [5, 5.41) is 14.1. The van der Waals surface area contributed by atoms with Crippen LogP contribution in [0.1, 0.15) is 21.7 Å². The lowest BCUT2D eigenvalue weighted by atomic mass is 10.1. The molecule has 0 fully saturated rings. The summed E-state index contributed by atoms with van der Waals surface area (Å²) in [5.41, 5.74) is 1.04. The molecule has 0 aliphatic carbocycles. The van der Waals surface area contributed by atoms with Crippen molar-refractivity contribution in [2.75, 3.05) is 0 Å². The van der Waals surface area contributed by atoms with Gasteiger partial charge in [-0.2, -0.15) is 0 Å². The van der Waals surface area contributed by atoms with Gasteiger partial charge in [-0.05, 0) is 29.8 Å². The van der Waals surface area contributed by atoms with Crippen LogP contribution in [0, 0.1) is 0 Å². The molecule has 0 saturated heterocycles. The molecule has 0 aliphatic heterocycles. The van der Waals surface area contributed by atoms with Gasteiger partial charge in [0.25, 0.3) is 0 Å². The third-order valence-electron chi connectivity index (χ3n) is 2.66. The fourth-order valence-electron chi connectivity index (χ4n) is 1.59. The van der Waals surface area contributed by atoms with E-state index in [0.29, 0.717) is 18.8 Å². The predicted molar refractivity (Wildman–Crippen MR) is 71.2 cm³/mol. The second-order valence-electron chi connectivity index (χ2n) is 4.12. The Balaban J connectivity index is 1.76. The minimum absolute atomic E-state index is 0.219. The van der Waals surface area contributed by atoms with Crippen LogP contribution < -0.4 is 10.6 Å². The van der Waals surface area contributed by atoms with E-state index in [4.69, 9.17) is 9.52 Å². The summed E-state index contributed by atoms with van der Waals surface area (Å²) in [5.74, 6) is -0.299. The first-order valence-electron chi connectivity index (χ1n) is 6.01. The first-order chi connectivity index (χ1) is 9.65. The van der Waals surface area contributed by atoms with Crippen LogP contribution >= 0.6 is 0 Å². The number of urea groups is 1. The van der Waals surface area contributed by atoms with Crippen molar-refractivity contribution in [3.8, 4) is 0 Å². The Hall–Kier alpha value is -2.76. The second-order valence-corrected chi connectivity index (χ2v) is 4.12. The van der Waals surface area contributed by atoms with Gasteiger partial charge in [-0.1, -0.05) is 12.1 Å². The van der Waals surface area contributed by atoms with Crippen LogP contribution in [-0.2, 0) is 13.1 Å². The highest BCUT2D eigenvalue weighted by Crippen LogP contribution is 2.04. The van der Waals surface area contributed by atoms with Gasteiger partial charge in [0.05, 0.1) is 18.4 Å². The number of aromatic carboxylic acids is 1. The first kappa shape index (κ1) is 13.7. The van der Waals surface area contributed by atoms with E-state index in [-0.39, 0.29) is 11.6 Å². The molecule has 0 unspecified atom stereocenters. The van der Waals surface area contributed by atoms with Crippen molar-refractivity contribution >= 4 is 12.0 Å². The van der Waals surface area contributed by atoms with Crippen molar-refractivity contribution in [2.45, 2.75) is 13.1 Å². The van der Waals surface area contributed by atoms with Crippen LogP contribution in [-0.4, -0.2) is 17.1 Å². The minimum atomic E-state index is -0.972. The van der Waals surface area contributed by atoms with Crippen LogP contribution in [0.2, 0.25) is 0 Å². The van der Waals surface area contributed by atoms with E-state index in [2.05, 4.69) is 10.6 Å². The molecule has 1 heterocycles. The molecule has 2 aromatic rings. The molecule has 2 amide bonds. The van der Waals surface area contributed by atoms with Crippen molar-refractivity contribution in [3.05, 3.63) is 59.5 Å². The number of nitrogens with one attached hydrogen (secondary N) is 2. The number of rotatable bonds is 5. The summed E-state index contributed by atoms with van der Waals surface area (Å²) >= 11 is 0. The SMILES string of the molecule is O=C(NCc1ccc(C(=O)O)cc1)NCc1ccco1. The van der Waals surface area contributed by atoms with Crippen molar-refractivity contribution in [2.24, 2.45) is 0 Å². The van der Waals surface area contributed by atoms with Gasteiger partial charge < -0.3 is 20.2 Å². The summed E-state index contributed by atoms with van der Waals surface area (Å²) < 4.78 is 5.08. The molecule has 1 aromatic heterocycles. The number of amides is 2. The van der Waals surface area contributed by atoms with Crippen LogP contribution in [0.5, 0.6) is 0 Å². The van der Waals surface area contributed by atoms with E-state index in [1.54, 1.807) is 30.5 Å². The molecule has 0 radical (unpaired) electrons. The lowest BCUT2D eigenvalue weighted by molar-refractivity contribution is 0.0697. The van der Waals surface area contributed by atoms with Gasteiger partial charge in [-0.25, -0.2) is 9.59 Å². The summed E-state index contributed by atoms with van der Waals surface area (Å²) in [6.45, 7) is 0.640. The van der Waals surface area contributed by atoms with Crippen LogP contribution in [0.25, 0.3) is 0 Å². The predicted octanol–water partition coefficient (Wildman–Crippen LogP) is 1.98. The standard InChI is InChI=1S/C14H14N2O4/c17-13(18)11-5-3-10(4-6-11)8-15-14(19)16-9-12-2-1-7-20-12/h1-7H,8-9H2,(H,17,18)(H2,15,16,19). The molecule has 0 atom stereocenters. The number of carbonyl (C=O) groups is 2. The zero-order valence-corrected chi connectivity index (χ0v) is 10.6. The summed E-state index contributed by atoms with van der Waals surface area (Å²) in [6.07, 6.45) is 1.54. The molecule has 104 valence electrons. The zero-order chi connectivity index (χ0) is 14.4. The molecule has 20 heavy (non-hydrogen) atoms. The number of hydrogen-bond donors (Lipinski definition) is 3. The number of hydrogen-bond acceptors (Lipinski definition) is 3. The van der Waals surface area contributed by atoms with Gasteiger partial charge >= 0.3 is 12.0 Å². The van der Waals surface area contributed by atoms with Gasteiger partial charge in [0.2, 0.25) is 0 Å². The van der Waals surface area contributed by atoms with Crippen LogP contribution in [0.4, 0.5) is 4.79 Å². The molecular formula is C14H14N2O4. The minimum Gasteiger partial charge on any atom is -0.478 e. The smallest absolute Gasteiger partial charge is 0.335 e. The average molecular weight is 274 g/mol. The first-order valence-corrected chi connectivity index (χ1v) is 6.01. The molecule has 0 aliphatic rings. The Morgan fingerprint density at radius 3 is 2.35 bits per heavy atom. The lowest BCUT2D eigenvalue weighted by Gasteiger charge is -2.06. The molecule has 0 spiro atoms. The maximum absolute atomic E-state index is 11.5. The Kier molecular flexibility index (Phi) is 4.39. The van der Waals surface area contributed by atoms with E-state index in [0.717, 1.165) is 5.56 Å². The van der Waals surface area contributed by atoms with Crippen LogP contribution in [0.3, 0.4) is 0 Å². The normalized spacial score (nSPS) is 10.0. The van der Waals surface area contributed by atoms with Gasteiger partial charge in [-0.15, -0.1) is 0 Å². The highest BCUT2D eigenvalue weighted by Gasteiger charge is 2.04. The Morgan fingerprint density at radius 1 is 1.05 bits per heavy atom. The highest BCUT2D eigenvalue weighted by atomic mass is 16.4. The lowest BCUT2D eigenvalue weighted by Crippen LogP contribution is -2.34. The number of furan rings is 1. The molecule has 1 aromatic carbocycles. The van der Waals surface area contributed by atoms with Gasteiger partial charge in [0, 0.05) is 6.54 Å². The van der Waals surface area contributed by atoms with E-state index in [1.807, 2.05) is 0 Å². The number of carboxylic acid groups (broad SMARTS) is 1. The third kappa shape index (κ3) is 3.88. The zero-order valence-electron chi connectivity index (χ0n) is 10.6. The molecule has 3 N–H and O–H groups in total. The number of benzene rings is 1. The molecule has 2 rings (SSSR count). The van der Waals surface area contributed by atoms with Gasteiger partial charge in [-0.3, -0.25) is 0 Å². The van der Waals surface area contributed by atoms with Gasteiger partial charge in [0.15, 0.2) is 0 Å². The summed E-state index contributed by atoms with van der Waals surface area (Å²) in [4.78, 5) is 22.2. The van der Waals surface area contributed by atoms with E-state index in [9.17, 15) is 9.59 Å².